The third kappa shape index (κ3) is 2.87. The molecule has 3 rings (SSSR count). The van der Waals surface area contributed by atoms with Gasteiger partial charge in [0.05, 0.1) is 18.7 Å². The highest BCUT2D eigenvalue weighted by atomic mass is 19.1. The van der Waals surface area contributed by atoms with Crippen LogP contribution in [0.15, 0.2) is 54.1 Å². The molecule has 2 aromatic carbocycles. The second-order valence-electron chi connectivity index (χ2n) is 5.69. The topological polar surface area (TPSA) is 66.8 Å². The number of benzene rings is 2. The van der Waals surface area contributed by atoms with E-state index in [4.69, 9.17) is 4.74 Å². The molecule has 1 amide bonds. The zero-order valence-corrected chi connectivity index (χ0v) is 13.7. The Bertz CT molecular complexity index is 873. The smallest absolute Gasteiger partial charge is 0.295 e. The van der Waals surface area contributed by atoms with Gasteiger partial charge in [-0.15, -0.1) is 0 Å². The minimum absolute atomic E-state index is 0.0664. The van der Waals surface area contributed by atoms with E-state index in [1.807, 2.05) is 0 Å². The van der Waals surface area contributed by atoms with E-state index in [1.54, 1.807) is 30.3 Å². The van der Waals surface area contributed by atoms with Crippen molar-refractivity contribution in [2.75, 3.05) is 14.2 Å². The van der Waals surface area contributed by atoms with Crippen LogP contribution in [0.3, 0.4) is 0 Å². The van der Waals surface area contributed by atoms with Gasteiger partial charge >= 0.3 is 0 Å². The van der Waals surface area contributed by atoms with E-state index in [0.29, 0.717) is 16.9 Å². The Kier molecular flexibility index (Phi) is 4.27. The predicted octanol–water partition coefficient (Wildman–Crippen LogP) is 2.89. The van der Waals surface area contributed by atoms with Gasteiger partial charge in [0.2, 0.25) is 0 Å². The summed E-state index contributed by atoms with van der Waals surface area (Å²) in [6.45, 7) is 0. The molecule has 0 saturated carbocycles. The minimum atomic E-state index is -0.849. The first-order chi connectivity index (χ1) is 11.9. The molecule has 128 valence electrons. The fourth-order valence-corrected chi connectivity index (χ4v) is 2.92. The summed E-state index contributed by atoms with van der Waals surface area (Å²) in [5.41, 5.74) is 0.716. The molecule has 2 aromatic rings. The number of aliphatic hydroxyl groups is 1. The lowest BCUT2D eigenvalue weighted by atomic mass is 9.95. The van der Waals surface area contributed by atoms with Crippen molar-refractivity contribution >= 4 is 17.4 Å². The van der Waals surface area contributed by atoms with E-state index in [0.717, 1.165) is 0 Å². The van der Waals surface area contributed by atoms with Crippen LogP contribution in [0.2, 0.25) is 0 Å². The lowest BCUT2D eigenvalue weighted by molar-refractivity contribution is -0.139. The third-order valence-corrected chi connectivity index (χ3v) is 4.20. The molecule has 0 aromatic heterocycles. The van der Waals surface area contributed by atoms with E-state index in [1.165, 1.54) is 37.3 Å². The Morgan fingerprint density at radius 3 is 2.44 bits per heavy atom. The van der Waals surface area contributed by atoms with Crippen molar-refractivity contribution in [3.63, 3.8) is 0 Å². The average Bonchev–Trinajstić information content (AvgIpc) is 2.85. The van der Waals surface area contributed by atoms with E-state index >= 15 is 0 Å². The first-order valence-electron chi connectivity index (χ1n) is 7.58. The van der Waals surface area contributed by atoms with Gasteiger partial charge < -0.3 is 14.7 Å². The highest BCUT2D eigenvalue weighted by Crippen LogP contribution is 2.38. The fourth-order valence-electron chi connectivity index (χ4n) is 2.92. The van der Waals surface area contributed by atoms with Gasteiger partial charge in [-0.2, -0.15) is 0 Å². The van der Waals surface area contributed by atoms with Crippen LogP contribution in [0.4, 0.5) is 4.39 Å². The van der Waals surface area contributed by atoms with Crippen molar-refractivity contribution in [1.82, 2.24) is 4.90 Å². The maximum absolute atomic E-state index is 13.6. The van der Waals surface area contributed by atoms with Crippen molar-refractivity contribution in [1.29, 1.82) is 0 Å². The molecule has 1 aliphatic rings. The number of aliphatic hydroxyl groups excluding tert-OH is 1. The number of ether oxygens (including phenoxy) is 1. The molecule has 0 bridgehead atoms. The maximum Gasteiger partial charge on any atom is 0.295 e. The van der Waals surface area contributed by atoms with Crippen LogP contribution in [0.5, 0.6) is 5.75 Å². The van der Waals surface area contributed by atoms with Crippen LogP contribution < -0.4 is 4.74 Å². The summed E-state index contributed by atoms with van der Waals surface area (Å²) in [7, 11) is 2.96. The summed E-state index contributed by atoms with van der Waals surface area (Å²) >= 11 is 0. The Morgan fingerprint density at radius 1 is 1.16 bits per heavy atom. The number of likely N-dealkylation sites (tertiary alicyclic amines) is 1. The molecular weight excluding hydrogens is 325 g/mol. The van der Waals surface area contributed by atoms with Gasteiger partial charge in [0.1, 0.15) is 17.3 Å². The van der Waals surface area contributed by atoms with E-state index in [2.05, 4.69) is 0 Å². The van der Waals surface area contributed by atoms with Gasteiger partial charge in [0, 0.05) is 12.6 Å². The van der Waals surface area contributed by atoms with Crippen LogP contribution in [0, 0.1) is 5.82 Å². The normalized spacial score (nSPS) is 19.3. The molecular formula is C19H16FNO4. The van der Waals surface area contributed by atoms with Crippen LogP contribution in [-0.2, 0) is 9.59 Å². The second-order valence-corrected chi connectivity index (χ2v) is 5.69. The quantitative estimate of drug-likeness (QED) is 0.530. The highest BCUT2D eigenvalue weighted by molar-refractivity contribution is 6.46. The van der Waals surface area contributed by atoms with Crippen LogP contribution >= 0.6 is 0 Å². The number of likely N-dealkylation sites (N-methyl/N-ethyl adjacent to an activating group) is 1. The lowest BCUT2D eigenvalue weighted by Gasteiger charge is -2.21. The summed E-state index contributed by atoms with van der Waals surface area (Å²) in [5, 5.41) is 10.6. The number of Topliss-reactive ketones (excluding diaryl/α,β-unsaturated/α-hetero) is 1. The number of nitrogens with zero attached hydrogens (tertiary/aromatic N) is 1. The molecule has 1 heterocycles. The summed E-state index contributed by atoms with van der Waals surface area (Å²) in [5.74, 6) is -1.75. The average molecular weight is 341 g/mol. The van der Waals surface area contributed by atoms with Crippen molar-refractivity contribution in [2.24, 2.45) is 0 Å². The predicted molar refractivity (Wildman–Crippen MR) is 89.5 cm³/mol. The number of ketones is 1. The second kappa shape index (κ2) is 6.39. The minimum Gasteiger partial charge on any atom is -0.507 e. The van der Waals surface area contributed by atoms with Crippen molar-refractivity contribution in [2.45, 2.75) is 6.04 Å². The van der Waals surface area contributed by atoms with E-state index in [-0.39, 0.29) is 11.3 Å². The van der Waals surface area contributed by atoms with Gasteiger partial charge in [-0.25, -0.2) is 4.39 Å². The highest BCUT2D eigenvalue weighted by Gasteiger charge is 2.44. The van der Waals surface area contributed by atoms with Gasteiger partial charge in [0.15, 0.2) is 0 Å². The van der Waals surface area contributed by atoms with Crippen LogP contribution in [0.25, 0.3) is 5.76 Å². The molecule has 1 atom stereocenters. The van der Waals surface area contributed by atoms with Crippen molar-refractivity contribution < 1.29 is 23.8 Å². The number of rotatable bonds is 3. The molecule has 1 fully saturated rings. The fraction of sp³-hybridized carbons (Fsp3) is 0.158. The number of carbonyl (C=O) groups excluding carboxylic acids is 2. The van der Waals surface area contributed by atoms with Crippen molar-refractivity contribution in [3.8, 4) is 5.75 Å². The third-order valence-electron chi connectivity index (χ3n) is 4.20. The van der Waals surface area contributed by atoms with E-state index < -0.39 is 23.5 Å². The molecule has 6 heteroatoms. The first-order valence-corrected chi connectivity index (χ1v) is 7.58. The summed E-state index contributed by atoms with van der Waals surface area (Å²) < 4.78 is 18.7. The first kappa shape index (κ1) is 16.7. The zero-order chi connectivity index (χ0) is 18.1. The molecule has 0 unspecified atom stereocenters. The van der Waals surface area contributed by atoms with Gasteiger partial charge in [-0.3, -0.25) is 9.59 Å². The largest absolute Gasteiger partial charge is 0.507 e. The summed E-state index contributed by atoms with van der Waals surface area (Å²) in [4.78, 5) is 25.7. The Labute approximate surface area is 144 Å². The summed E-state index contributed by atoms with van der Waals surface area (Å²) in [6.07, 6.45) is 0. The number of halogens is 1. The number of methoxy groups -OCH3 is 1. The van der Waals surface area contributed by atoms with Gasteiger partial charge in [0.25, 0.3) is 11.7 Å². The number of amides is 1. The standard InChI is InChI=1S/C19H16FNO4/c1-21-16(12-4-3-5-13(20)10-12)15(18(23)19(21)24)17(22)11-6-8-14(25-2)9-7-11/h3-10,16,22H,1-2H3/b17-15+/t16-/m0/s1. The molecule has 1 N–H and O–H groups in total. The van der Waals surface area contributed by atoms with Crippen LogP contribution in [0.1, 0.15) is 17.2 Å². The molecule has 0 aliphatic carbocycles. The molecule has 1 aliphatic heterocycles. The number of carbonyl (C=O) groups is 2. The molecule has 0 spiro atoms. The Balaban J connectivity index is 2.14. The SMILES string of the molecule is COc1ccc(/C(O)=C2\C(=O)C(=O)N(C)[C@H]2c2cccc(F)c2)cc1. The molecule has 25 heavy (non-hydrogen) atoms. The van der Waals surface area contributed by atoms with E-state index in [9.17, 15) is 19.1 Å². The lowest BCUT2D eigenvalue weighted by Crippen LogP contribution is -2.24. The number of hydrogen-bond acceptors (Lipinski definition) is 4. The molecule has 0 radical (unpaired) electrons. The zero-order valence-electron chi connectivity index (χ0n) is 13.7. The molecule has 5 nitrogen and oxygen atoms in total. The Hall–Kier alpha value is -3.15. The maximum atomic E-state index is 13.6. The van der Waals surface area contributed by atoms with Gasteiger partial charge in [-0.05, 0) is 42.0 Å². The van der Waals surface area contributed by atoms with Gasteiger partial charge in [-0.1, -0.05) is 12.1 Å². The number of hydrogen-bond donors (Lipinski definition) is 1. The van der Waals surface area contributed by atoms with Crippen molar-refractivity contribution in [3.05, 3.63) is 71.0 Å². The molecule has 1 saturated heterocycles. The Morgan fingerprint density at radius 2 is 1.84 bits per heavy atom. The summed E-state index contributed by atoms with van der Waals surface area (Å²) in [6, 6.07) is 11.2. The van der Waals surface area contributed by atoms with Crippen LogP contribution in [-0.4, -0.2) is 35.9 Å². The monoisotopic (exact) mass is 341 g/mol.